The average molecular weight is 250 g/mol. The number of hydrogen-bond donors (Lipinski definition) is 1. The fourth-order valence-corrected chi connectivity index (χ4v) is 1.93. The predicted octanol–water partition coefficient (Wildman–Crippen LogP) is 3.25. The van der Waals surface area contributed by atoms with Gasteiger partial charge in [0, 0.05) is 17.5 Å². The third kappa shape index (κ3) is 2.76. The highest BCUT2D eigenvalue weighted by atomic mass is 32.1. The van der Waals surface area contributed by atoms with Gasteiger partial charge in [0.15, 0.2) is 0 Å². The molecule has 1 N–H and O–H groups in total. The molecule has 17 heavy (non-hydrogen) atoms. The zero-order chi connectivity index (χ0) is 12.3. The van der Waals surface area contributed by atoms with Gasteiger partial charge in [-0.15, -0.1) is 11.3 Å². The highest BCUT2D eigenvalue weighted by Crippen LogP contribution is 2.28. The Morgan fingerprint density at radius 2 is 2.00 bits per heavy atom. The lowest BCUT2D eigenvalue weighted by atomic mass is 10.3. The summed E-state index contributed by atoms with van der Waals surface area (Å²) in [4.78, 5) is 11.0. The van der Waals surface area contributed by atoms with Crippen molar-refractivity contribution in [3.63, 3.8) is 0 Å². The molecule has 88 valence electrons. The Bertz CT molecular complexity index is 533. The van der Waals surface area contributed by atoms with Crippen molar-refractivity contribution in [2.75, 3.05) is 7.11 Å². The lowest BCUT2D eigenvalue weighted by molar-refractivity contribution is 0.0702. The molecule has 0 atom stereocenters. The summed E-state index contributed by atoms with van der Waals surface area (Å²) in [5, 5.41) is 10.4. The monoisotopic (exact) mass is 250 g/mol. The van der Waals surface area contributed by atoms with E-state index in [1.807, 2.05) is 6.07 Å². The molecule has 2 aromatic rings. The minimum Gasteiger partial charge on any atom is -0.497 e. The van der Waals surface area contributed by atoms with E-state index in [1.54, 1.807) is 30.7 Å². The average Bonchev–Trinajstić information content (AvgIpc) is 2.78. The molecule has 1 aromatic heterocycles. The van der Waals surface area contributed by atoms with Crippen molar-refractivity contribution < 1.29 is 19.4 Å². The van der Waals surface area contributed by atoms with Crippen LogP contribution in [0, 0.1) is 0 Å². The van der Waals surface area contributed by atoms with Crippen LogP contribution in [0.3, 0.4) is 0 Å². The molecule has 0 unspecified atom stereocenters. The number of thiophene rings is 1. The maximum Gasteiger partial charge on any atom is 0.346 e. The maximum atomic E-state index is 10.7. The molecule has 0 saturated carbocycles. The van der Waals surface area contributed by atoms with Crippen LogP contribution in [0.15, 0.2) is 35.7 Å². The van der Waals surface area contributed by atoms with Gasteiger partial charge in [0.2, 0.25) is 0 Å². The summed E-state index contributed by atoms with van der Waals surface area (Å²) in [6.45, 7) is 0. The first-order chi connectivity index (χ1) is 8.19. The lowest BCUT2D eigenvalue weighted by Crippen LogP contribution is -1.90. The predicted molar refractivity (Wildman–Crippen MR) is 64.3 cm³/mol. The molecule has 0 aliphatic heterocycles. The molecule has 4 nitrogen and oxygen atoms in total. The molecule has 0 amide bonds. The summed E-state index contributed by atoms with van der Waals surface area (Å²) in [6, 6.07) is 8.62. The van der Waals surface area contributed by atoms with Crippen LogP contribution < -0.4 is 9.47 Å². The number of carboxylic acids is 1. The second kappa shape index (κ2) is 4.88. The molecule has 0 aliphatic rings. The second-order valence-corrected chi connectivity index (χ2v) is 4.14. The van der Waals surface area contributed by atoms with E-state index in [2.05, 4.69) is 0 Å². The molecule has 0 bridgehead atoms. The van der Waals surface area contributed by atoms with Crippen LogP contribution in [-0.2, 0) is 0 Å². The van der Waals surface area contributed by atoms with Crippen molar-refractivity contribution in [2.45, 2.75) is 0 Å². The van der Waals surface area contributed by atoms with E-state index in [-0.39, 0.29) is 4.88 Å². The molecule has 0 saturated heterocycles. The zero-order valence-corrected chi connectivity index (χ0v) is 9.86. The van der Waals surface area contributed by atoms with Crippen molar-refractivity contribution in [2.24, 2.45) is 0 Å². The topological polar surface area (TPSA) is 55.8 Å². The molecule has 2 rings (SSSR count). The fourth-order valence-electron chi connectivity index (χ4n) is 1.29. The van der Waals surface area contributed by atoms with Crippen LogP contribution in [0.1, 0.15) is 9.67 Å². The number of methoxy groups -OCH3 is 1. The Morgan fingerprint density at radius 3 is 2.65 bits per heavy atom. The van der Waals surface area contributed by atoms with Crippen LogP contribution in [0.4, 0.5) is 0 Å². The van der Waals surface area contributed by atoms with Crippen molar-refractivity contribution in [3.05, 3.63) is 40.6 Å². The van der Waals surface area contributed by atoms with Gasteiger partial charge in [0.1, 0.15) is 22.1 Å². The molecule has 5 heteroatoms. The normalized spacial score (nSPS) is 9.94. The summed E-state index contributed by atoms with van der Waals surface area (Å²) >= 11 is 1.13. The molecule has 0 fully saturated rings. The number of rotatable bonds is 4. The zero-order valence-electron chi connectivity index (χ0n) is 9.04. The largest absolute Gasteiger partial charge is 0.497 e. The van der Waals surface area contributed by atoms with Gasteiger partial charge in [0.25, 0.3) is 0 Å². The van der Waals surface area contributed by atoms with Crippen molar-refractivity contribution in [1.82, 2.24) is 0 Å². The SMILES string of the molecule is COc1cccc(Oc2csc(C(=O)O)c2)c1. The smallest absolute Gasteiger partial charge is 0.346 e. The van der Waals surface area contributed by atoms with Crippen LogP contribution in [-0.4, -0.2) is 18.2 Å². The summed E-state index contributed by atoms with van der Waals surface area (Å²) in [7, 11) is 1.58. The van der Waals surface area contributed by atoms with Crippen molar-refractivity contribution in [3.8, 4) is 17.2 Å². The molecule has 1 aromatic carbocycles. The van der Waals surface area contributed by atoms with E-state index < -0.39 is 5.97 Å². The fraction of sp³-hybridized carbons (Fsp3) is 0.0833. The first-order valence-corrected chi connectivity index (χ1v) is 5.71. The van der Waals surface area contributed by atoms with E-state index in [1.165, 1.54) is 6.07 Å². The van der Waals surface area contributed by atoms with Crippen molar-refractivity contribution >= 4 is 17.3 Å². The molecular formula is C12H10O4S. The summed E-state index contributed by atoms with van der Waals surface area (Å²) < 4.78 is 10.6. The molecular weight excluding hydrogens is 240 g/mol. The van der Waals surface area contributed by atoms with Gasteiger partial charge in [-0.2, -0.15) is 0 Å². The van der Waals surface area contributed by atoms with Gasteiger partial charge in [-0.05, 0) is 12.1 Å². The van der Waals surface area contributed by atoms with Crippen LogP contribution >= 0.6 is 11.3 Å². The molecule has 0 radical (unpaired) electrons. The van der Waals surface area contributed by atoms with Crippen LogP contribution in [0.2, 0.25) is 0 Å². The first kappa shape index (κ1) is 11.5. The highest BCUT2D eigenvalue weighted by Gasteiger charge is 2.08. The van der Waals surface area contributed by atoms with Crippen LogP contribution in [0.25, 0.3) is 0 Å². The van der Waals surface area contributed by atoms with E-state index >= 15 is 0 Å². The Hall–Kier alpha value is -2.01. The van der Waals surface area contributed by atoms with E-state index in [9.17, 15) is 4.79 Å². The Morgan fingerprint density at radius 1 is 1.24 bits per heavy atom. The van der Waals surface area contributed by atoms with Gasteiger partial charge >= 0.3 is 5.97 Å². The van der Waals surface area contributed by atoms with Crippen molar-refractivity contribution in [1.29, 1.82) is 0 Å². The summed E-state index contributed by atoms with van der Waals surface area (Å²) in [5.41, 5.74) is 0. The number of benzene rings is 1. The van der Waals surface area contributed by atoms with Gasteiger partial charge in [-0.1, -0.05) is 6.07 Å². The third-order valence-electron chi connectivity index (χ3n) is 2.06. The first-order valence-electron chi connectivity index (χ1n) is 4.83. The van der Waals surface area contributed by atoms with E-state index in [0.717, 1.165) is 11.3 Å². The second-order valence-electron chi connectivity index (χ2n) is 3.23. The van der Waals surface area contributed by atoms with Gasteiger partial charge in [-0.25, -0.2) is 4.79 Å². The maximum absolute atomic E-state index is 10.7. The quantitative estimate of drug-likeness (QED) is 0.905. The number of carboxylic acid groups (broad SMARTS) is 1. The Kier molecular flexibility index (Phi) is 3.30. The number of aromatic carboxylic acids is 1. The van der Waals surface area contributed by atoms with Gasteiger partial charge < -0.3 is 14.6 Å². The third-order valence-corrected chi connectivity index (χ3v) is 2.96. The van der Waals surface area contributed by atoms with E-state index in [4.69, 9.17) is 14.6 Å². The number of carbonyl (C=O) groups is 1. The Balaban J connectivity index is 2.16. The number of ether oxygens (including phenoxy) is 2. The summed E-state index contributed by atoms with van der Waals surface area (Å²) in [5.74, 6) is 0.867. The van der Waals surface area contributed by atoms with Crippen LogP contribution in [0.5, 0.6) is 17.2 Å². The van der Waals surface area contributed by atoms with E-state index in [0.29, 0.717) is 17.2 Å². The molecule has 0 aliphatic carbocycles. The highest BCUT2D eigenvalue weighted by molar-refractivity contribution is 7.12. The van der Waals surface area contributed by atoms with Gasteiger partial charge in [-0.3, -0.25) is 0 Å². The molecule has 1 heterocycles. The minimum absolute atomic E-state index is 0.253. The standard InChI is InChI=1S/C12H10O4S/c1-15-8-3-2-4-9(5-8)16-10-6-11(12(13)14)17-7-10/h2-7H,1H3,(H,13,14). The lowest BCUT2D eigenvalue weighted by Gasteiger charge is -2.04. The minimum atomic E-state index is -0.949. The van der Waals surface area contributed by atoms with Gasteiger partial charge in [0.05, 0.1) is 7.11 Å². The molecule has 0 spiro atoms. The summed E-state index contributed by atoms with van der Waals surface area (Å²) in [6.07, 6.45) is 0. The number of hydrogen-bond acceptors (Lipinski definition) is 4. The Labute approximate surface area is 102 Å².